The molecule has 0 bridgehead atoms. The fourth-order valence-electron chi connectivity index (χ4n) is 1.50. The summed E-state index contributed by atoms with van der Waals surface area (Å²) in [5, 5.41) is 18.8. The molecule has 7 heteroatoms. The van der Waals surface area contributed by atoms with Crippen LogP contribution in [-0.4, -0.2) is 15.4 Å². The van der Waals surface area contributed by atoms with Crippen LogP contribution in [0.15, 0.2) is 14.9 Å². The lowest BCUT2D eigenvalue weighted by molar-refractivity contribution is 0.400. The van der Waals surface area contributed by atoms with Crippen LogP contribution in [0.2, 0.25) is 0 Å². The van der Waals surface area contributed by atoms with Crippen LogP contribution in [0, 0.1) is 13.8 Å². The first-order valence-corrected chi connectivity index (χ1v) is 4.45. The highest BCUT2D eigenvalue weighted by atomic mass is 16.5. The number of aryl methyl sites for hydroxylation is 2. The van der Waals surface area contributed by atoms with E-state index in [0.717, 1.165) is 5.69 Å². The van der Waals surface area contributed by atoms with Gasteiger partial charge < -0.3 is 4.52 Å². The number of H-pyrrole nitrogens is 1. The van der Waals surface area contributed by atoms with Crippen LogP contribution in [0.5, 0.6) is 0 Å². The molecule has 15 heavy (non-hydrogen) atoms. The molecule has 0 atom stereocenters. The molecule has 1 aliphatic rings. The Kier molecular flexibility index (Phi) is 1.44. The van der Waals surface area contributed by atoms with Crippen LogP contribution in [-0.2, 0) is 0 Å². The fourth-order valence-corrected chi connectivity index (χ4v) is 1.50. The van der Waals surface area contributed by atoms with Gasteiger partial charge in [-0.2, -0.15) is 5.10 Å². The van der Waals surface area contributed by atoms with Crippen molar-refractivity contribution >= 4 is 11.4 Å². The van der Waals surface area contributed by atoms with Gasteiger partial charge in [0.1, 0.15) is 17.1 Å². The van der Waals surface area contributed by atoms with Gasteiger partial charge in [0.2, 0.25) is 0 Å². The number of rotatable bonds is 0. The Labute approximate surface area is 84.5 Å². The summed E-state index contributed by atoms with van der Waals surface area (Å²) in [6.07, 6.45) is 0. The molecule has 0 amide bonds. The average Bonchev–Trinajstić information content (AvgIpc) is 2.69. The molecule has 0 saturated carbocycles. The van der Waals surface area contributed by atoms with Gasteiger partial charge in [-0.1, -0.05) is 10.4 Å². The van der Waals surface area contributed by atoms with E-state index in [2.05, 4.69) is 31.1 Å². The van der Waals surface area contributed by atoms with Crippen molar-refractivity contribution in [1.29, 1.82) is 0 Å². The highest BCUT2D eigenvalue weighted by molar-refractivity contribution is 5.81. The van der Waals surface area contributed by atoms with Crippen molar-refractivity contribution in [2.75, 3.05) is 5.43 Å². The van der Waals surface area contributed by atoms with Gasteiger partial charge in [-0.15, -0.1) is 5.11 Å². The van der Waals surface area contributed by atoms with Gasteiger partial charge in [0.05, 0.1) is 5.69 Å². The maximum absolute atomic E-state index is 5.07. The second kappa shape index (κ2) is 2.66. The van der Waals surface area contributed by atoms with Crippen LogP contribution >= 0.6 is 0 Å². The zero-order valence-corrected chi connectivity index (χ0v) is 8.20. The predicted octanol–water partition coefficient (Wildman–Crippen LogP) is 2.11. The first-order valence-electron chi connectivity index (χ1n) is 4.45. The third-order valence-electron chi connectivity index (χ3n) is 2.31. The second-order valence-corrected chi connectivity index (χ2v) is 3.32. The maximum Gasteiger partial charge on any atom is 0.161 e. The third kappa shape index (κ3) is 0.997. The molecule has 0 saturated heterocycles. The van der Waals surface area contributed by atoms with Crippen molar-refractivity contribution in [3.05, 3.63) is 11.5 Å². The quantitative estimate of drug-likeness (QED) is 0.687. The third-order valence-corrected chi connectivity index (χ3v) is 2.31. The number of aromatic nitrogens is 3. The monoisotopic (exact) mass is 204 g/mol. The molecule has 7 nitrogen and oxygen atoms in total. The normalized spacial score (nSPS) is 12.9. The molecule has 3 heterocycles. The topological polar surface area (TPSA) is 91.5 Å². The Balaban J connectivity index is 2.34. The maximum atomic E-state index is 5.07. The second-order valence-electron chi connectivity index (χ2n) is 3.32. The largest absolute Gasteiger partial charge is 0.359 e. The van der Waals surface area contributed by atoms with Gasteiger partial charge >= 0.3 is 0 Å². The van der Waals surface area contributed by atoms with Crippen molar-refractivity contribution in [1.82, 2.24) is 15.4 Å². The van der Waals surface area contributed by atoms with Gasteiger partial charge in [-0.05, 0) is 13.8 Å². The smallest absolute Gasteiger partial charge is 0.161 e. The van der Waals surface area contributed by atoms with Crippen LogP contribution in [0.3, 0.4) is 0 Å². The first-order chi connectivity index (χ1) is 7.27. The van der Waals surface area contributed by atoms with Crippen LogP contribution in [0.25, 0.3) is 11.4 Å². The van der Waals surface area contributed by atoms with E-state index in [1.807, 2.05) is 6.92 Å². The lowest BCUT2D eigenvalue weighted by Crippen LogP contribution is -1.88. The SMILES string of the molecule is Cc1[nH]nc2c1N=NNc1c-2noc1C. The van der Waals surface area contributed by atoms with E-state index in [4.69, 9.17) is 4.52 Å². The lowest BCUT2D eigenvalue weighted by atomic mass is 10.2. The van der Waals surface area contributed by atoms with E-state index >= 15 is 0 Å². The number of fused-ring (bicyclic) bond motifs is 3. The lowest BCUT2D eigenvalue weighted by Gasteiger charge is -1.92. The van der Waals surface area contributed by atoms with Crippen molar-refractivity contribution in [2.24, 2.45) is 10.3 Å². The van der Waals surface area contributed by atoms with Crippen LogP contribution in [0.1, 0.15) is 11.5 Å². The minimum absolute atomic E-state index is 0.636. The van der Waals surface area contributed by atoms with Gasteiger partial charge in [0.15, 0.2) is 11.5 Å². The van der Waals surface area contributed by atoms with Crippen molar-refractivity contribution in [2.45, 2.75) is 13.8 Å². The van der Waals surface area contributed by atoms with E-state index < -0.39 is 0 Å². The molecule has 2 aromatic rings. The fraction of sp³-hybridized carbons (Fsp3) is 0.250. The standard InChI is InChI=1S/C8H8N6O/c1-3-5-7(10-9-3)8-6(12-14-11-5)4(2)15-13-8/h1-2H3,(H,9,10)(H,11,12). The van der Waals surface area contributed by atoms with Crippen molar-refractivity contribution in [3.8, 4) is 11.4 Å². The average molecular weight is 204 g/mol. The zero-order chi connectivity index (χ0) is 10.4. The highest BCUT2D eigenvalue weighted by Crippen LogP contribution is 2.38. The molecule has 0 fully saturated rings. The molecule has 3 rings (SSSR count). The molecule has 0 spiro atoms. The van der Waals surface area contributed by atoms with Gasteiger partial charge in [0.25, 0.3) is 0 Å². The van der Waals surface area contributed by atoms with Gasteiger partial charge in [0, 0.05) is 0 Å². The van der Waals surface area contributed by atoms with Gasteiger partial charge in [-0.3, -0.25) is 10.5 Å². The molecular formula is C8H8N6O. The summed E-state index contributed by atoms with van der Waals surface area (Å²) in [6.45, 7) is 3.68. The summed E-state index contributed by atoms with van der Waals surface area (Å²) < 4.78 is 5.07. The van der Waals surface area contributed by atoms with E-state index in [-0.39, 0.29) is 0 Å². The highest BCUT2D eigenvalue weighted by Gasteiger charge is 2.23. The summed E-state index contributed by atoms with van der Waals surface area (Å²) >= 11 is 0. The molecule has 2 aromatic heterocycles. The molecule has 0 aliphatic carbocycles. The molecule has 0 unspecified atom stereocenters. The predicted molar refractivity (Wildman–Crippen MR) is 51.7 cm³/mol. The van der Waals surface area contributed by atoms with Crippen LogP contribution < -0.4 is 5.43 Å². The summed E-state index contributed by atoms with van der Waals surface area (Å²) in [5.41, 5.74) is 6.33. The zero-order valence-electron chi connectivity index (χ0n) is 8.20. The van der Waals surface area contributed by atoms with E-state index in [1.165, 1.54) is 0 Å². The number of hydrogen-bond donors (Lipinski definition) is 2. The number of hydrogen-bond acceptors (Lipinski definition) is 6. The Bertz CT molecular complexity index is 551. The Hall–Kier alpha value is -2.18. The minimum atomic E-state index is 0.636. The Morgan fingerprint density at radius 1 is 1.20 bits per heavy atom. The number of nitrogens with one attached hydrogen (secondary N) is 2. The number of anilines is 1. The first kappa shape index (κ1) is 8.16. The van der Waals surface area contributed by atoms with E-state index in [1.54, 1.807) is 6.92 Å². The Morgan fingerprint density at radius 2 is 2.07 bits per heavy atom. The summed E-state index contributed by atoms with van der Waals surface area (Å²) in [7, 11) is 0. The molecule has 2 N–H and O–H groups in total. The van der Waals surface area contributed by atoms with E-state index in [0.29, 0.717) is 28.5 Å². The van der Waals surface area contributed by atoms with Crippen LogP contribution in [0.4, 0.5) is 11.4 Å². The summed E-state index contributed by atoms with van der Waals surface area (Å²) in [5.74, 6) is 0.664. The molecular weight excluding hydrogens is 196 g/mol. The van der Waals surface area contributed by atoms with Gasteiger partial charge in [-0.25, -0.2) is 0 Å². The summed E-state index contributed by atoms with van der Waals surface area (Å²) in [6, 6.07) is 0. The van der Waals surface area contributed by atoms with Crippen molar-refractivity contribution < 1.29 is 4.52 Å². The Morgan fingerprint density at radius 3 is 2.93 bits per heavy atom. The van der Waals surface area contributed by atoms with Crippen molar-refractivity contribution in [3.63, 3.8) is 0 Å². The molecule has 76 valence electrons. The molecule has 0 radical (unpaired) electrons. The molecule has 0 aromatic carbocycles. The molecule has 1 aliphatic heterocycles. The van der Waals surface area contributed by atoms with E-state index in [9.17, 15) is 0 Å². The summed E-state index contributed by atoms with van der Waals surface area (Å²) in [4.78, 5) is 0. The number of aromatic amines is 1. The number of nitrogens with zero attached hydrogens (tertiary/aromatic N) is 4. The minimum Gasteiger partial charge on any atom is -0.359 e.